The van der Waals surface area contributed by atoms with Crippen molar-refractivity contribution in [2.45, 2.75) is 19.1 Å². The molecule has 9 heteroatoms. The molecule has 0 spiro atoms. The largest absolute Gasteiger partial charge is 0.479 e. The molecule has 124 valence electrons. The molecule has 0 radical (unpaired) electrons. The Morgan fingerprint density at radius 3 is 2.35 bits per heavy atom. The monoisotopic (exact) mass is 324 g/mol. The minimum absolute atomic E-state index is 0.0262. The summed E-state index contributed by atoms with van der Waals surface area (Å²) in [7, 11) is 0. The van der Waals surface area contributed by atoms with Crippen molar-refractivity contribution in [3.05, 3.63) is 35.9 Å². The lowest BCUT2D eigenvalue weighted by Crippen LogP contribution is -2.46. The van der Waals surface area contributed by atoms with Gasteiger partial charge in [0.15, 0.2) is 6.61 Å². The van der Waals surface area contributed by atoms with Crippen molar-refractivity contribution in [1.29, 1.82) is 0 Å². The van der Waals surface area contributed by atoms with E-state index in [0.29, 0.717) is 0 Å². The molecule has 0 aliphatic carbocycles. The maximum Gasteiger partial charge on any atom is 0.408 e. The van der Waals surface area contributed by atoms with Gasteiger partial charge in [0, 0.05) is 0 Å². The first kappa shape index (κ1) is 18.0. The molecule has 0 saturated heterocycles. The Kier molecular flexibility index (Phi) is 7.05. The van der Waals surface area contributed by atoms with Gasteiger partial charge in [-0.2, -0.15) is 0 Å². The van der Waals surface area contributed by atoms with E-state index >= 15 is 0 Å². The van der Waals surface area contributed by atoms with E-state index in [9.17, 15) is 19.2 Å². The summed E-state index contributed by atoms with van der Waals surface area (Å²) in [4.78, 5) is 44.4. The Hall–Kier alpha value is -3.10. The predicted octanol–water partition coefficient (Wildman–Crippen LogP) is -0.215. The van der Waals surface area contributed by atoms with Gasteiger partial charge in [-0.1, -0.05) is 30.3 Å². The highest BCUT2D eigenvalue weighted by Gasteiger charge is 2.23. The number of aliphatic carboxylic acids is 1. The molecular formula is C14H16N2O7. The van der Waals surface area contributed by atoms with E-state index in [1.165, 1.54) is 0 Å². The van der Waals surface area contributed by atoms with Gasteiger partial charge in [0.05, 0.1) is 6.42 Å². The summed E-state index contributed by atoms with van der Waals surface area (Å²) >= 11 is 0. The van der Waals surface area contributed by atoms with Crippen molar-refractivity contribution in [3.63, 3.8) is 0 Å². The van der Waals surface area contributed by atoms with Crippen LogP contribution < -0.4 is 11.1 Å². The molecule has 0 unspecified atom stereocenters. The number of carboxylic acids is 1. The topological polar surface area (TPSA) is 145 Å². The van der Waals surface area contributed by atoms with Crippen molar-refractivity contribution in [1.82, 2.24) is 5.32 Å². The van der Waals surface area contributed by atoms with Gasteiger partial charge in [-0.25, -0.2) is 9.59 Å². The normalized spacial score (nSPS) is 11.1. The van der Waals surface area contributed by atoms with Crippen molar-refractivity contribution in [2.24, 2.45) is 5.73 Å². The Bertz CT molecular complexity index is 574. The molecular weight excluding hydrogens is 308 g/mol. The number of ether oxygens (including phenoxy) is 2. The summed E-state index contributed by atoms with van der Waals surface area (Å²) in [5.41, 5.74) is 5.80. The molecule has 1 rings (SSSR count). The average molecular weight is 324 g/mol. The maximum absolute atomic E-state index is 11.6. The van der Waals surface area contributed by atoms with Gasteiger partial charge in [0.2, 0.25) is 5.91 Å². The predicted molar refractivity (Wildman–Crippen MR) is 76.0 cm³/mol. The molecule has 9 nitrogen and oxygen atoms in total. The van der Waals surface area contributed by atoms with Crippen molar-refractivity contribution in [3.8, 4) is 0 Å². The summed E-state index contributed by atoms with van der Waals surface area (Å²) in [5, 5.41) is 10.5. The number of alkyl carbamates (subject to hydrolysis) is 1. The van der Waals surface area contributed by atoms with Crippen LogP contribution in [0.25, 0.3) is 0 Å². The number of rotatable bonds is 8. The Morgan fingerprint density at radius 1 is 1.13 bits per heavy atom. The minimum atomic E-state index is -1.36. The summed E-state index contributed by atoms with van der Waals surface area (Å²) < 4.78 is 9.24. The number of hydrogen-bond acceptors (Lipinski definition) is 6. The highest BCUT2D eigenvalue weighted by molar-refractivity contribution is 5.88. The van der Waals surface area contributed by atoms with Crippen LogP contribution in [0.5, 0.6) is 0 Å². The summed E-state index contributed by atoms with van der Waals surface area (Å²) in [6.45, 7) is -0.871. The van der Waals surface area contributed by atoms with Crippen LogP contribution in [0.15, 0.2) is 30.3 Å². The summed E-state index contributed by atoms with van der Waals surface area (Å²) in [6.07, 6.45) is -1.54. The molecule has 1 aromatic carbocycles. The maximum atomic E-state index is 11.6. The van der Waals surface area contributed by atoms with E-state index in [4.69, 9.17) is 15.6 Å². The van der Waals surface area contributed by atoms with E-state index in [2.05, 4.69) is 10.1 Å². The minimum Gasteiger partial charge on any atom is -0.479 e. The zero-order valence-electron chi connectivity index (χ0n) is 12.1. The summed E-state index contributed by atoms with van der Waals surface area (Å²) in [6, 6.07) is 7.45. The lowest BCUT2D eigenvalue weighted by atomic mass is 10.2. The fourth-order valence-corrected chi connectivity index (χ4v) is 1.50. The van der Waals surface area contributed by atoms with Crippen LogP contribution in [0.1, 0.15) is 12.0 Å². The molecule has 0 bridgehead atoms. The van der Waals surface area contributed by atoms with Crippen molar-refractivity contribution < 1.29 is 33.8 Å². The first-order chi connectivity index (χ1) is 10.9. The molecule has 23 heavy (non-hydrogen) atoms. The van der Waals surface area contributed by atoms with Gasteiger partial charge < -0.3 is 25.6 Å². The Morgan fingerprint density at radius 2 is 1.78 bits per heavy atom. The third-order valence-corrected chi connectivity index (χ3v) is 2.58. The van der Waals surface area contributed by atoms with Crippen LogP contribution in [0.3, 0.4) is 0 Å². The molecule has 0 aromatic heterocycles. The first-order valence-electron chi connectivity index (χ1n) is 6.52. The molecule has 4 N–H and O–H groups in total. The standard InChI is InChI=1S/C14H16N2O7/c15-13(20)10(6-12(19)22-8-11(17)18)16-14(21)23-7-9-4-2-1-3-5-9/h1-5,10H,6-8H2,(H2,15,20)(H,16,21)(H,17,18)/t10-/m0/s1. The fourth-order valence-electron chi connectivity index (χ4n) is 1.50. The number of carboxylic acid groups (broad SMARTS) is 1. The molecule has 0 aliphatic rings. The quantitative estimate of drug-likeness (QED) is 0.561. The number of primary amides is 1. The van der Waals surface area contributed by atoms with Gasteiger partial charge in [-0.15, -0.1) is 0 Å². The van der Waals surface area contributed by atoms with E-state index in [1.54, 1.807) is 30.3 Å². The van der Waals surface area contributed by atoms with E-state index in [1.807, 2.05) is 0 Å². The SMILES string of the molecule is NC(=O)[C@H](CC(=O)OCC(=O)O)NC(=O)OCc1ccccc1. The van der Waals surface area contributed by atoms with Gasteiger partial charge in [-0.3, -0.25) is 9.59 Å². The van der Waals surface area contributed by atoms with Crippen LogP contribution in [0.2, 0.25) is 0 Å². The van der Waals surface area contributed by atoms with Crippen molar-refractivity contribution in [2.75, 3.05) is 6.61 Å². The second-order valence-corrected chi connectivity index (χ2v) is 4.42. The lowest BCUT2D eigenvalue weighted by Gasteiger charge is -2.14. The van der Waals surface area contributed by atoms with Crippen LogP contribution >= 0.6 is 0 Å². The second kappa shape index (κ2) is 9.03. The van der Waals surface area contributed by atoms with Crippen LogP contribution in [-0.2, 0) is 30.5 Å². The Balaban J connectivity index is 2.45. The smallest absolute Gasteiger partial charge is 0.408 e. The van der Waals surface area contributed by atoms with Crippen LogP contribution in [0, 0.1) is 0 Å². The van der Waals surface area contributed by atoms with Gasteiger partial charge in [0.25, 0.3) is 0 Å². The first-order valence-corrected chi connectivity index (χ1v) is 6.52. The molecule has 0 fully saturated rings. The van der Waals surface area contributed by atoms with Crippen LogP contribution in [0.4, 0.5) is 4.79 Å². The molecule has 0 saturated carbocycles. The van der Waals surface area contributed by atoms with E-state index in [0.717, 1.165) is 5.56 Å². The Labute approximate surface area is 131 Å². The third-order valence-electron chi connectivity index (χ3n) is 2.58. The van der Waals surface area contributed by atoms with Gasteiger partial charge >= 0.3 is 18.0 Å². The van der Waals surface area contributed by atoms with Gasteiger partial charge in [-0.05, 0) is 5.56 Å². The number of benzene rings is 1. The number of hydrogen-bond donors (Lipinski definition) is 3. The zero-order valence-corrected chi connectivity index (χ0v) is 12.1. The fraction of sp³-hybridized carbons (Fsp3) is 0.286. The second-order valence-electron chi connectivity index (χ2n) is 4.42. The number of amides is 2. The van der Waals surface area contributed by atoms with Gasteiger partial charge in [0.1, 0.15) is 12.6 Å². The van der Waals surface area contributed by atoms with E-state index < -0.39 is 43.0 Å². The molecule has 0 aliphatic heterocycles. The number of carbonyl (C=O) groups is 4. The van der Waals surface area contributed by atoms with E-state index in [-0.39, 0.29) is 6.61 Å². The molecule has 2 amide bonds. The summed E-state index contributed by atoms with van der Waals surface area (Å²) in [5.74, 6) is -3.31. The van der Waals surface area contributed by atoms with Crippen LogP contribution in [-0.4, -0.2) is 41.7 Å². The molecule has 1 atom stereocenters. The number of esters is 1. The molecule has 1 aromatic rings. The average Bonchev–Trinajstić information content (AvgIpc) is 2.51. The molecule has 0 heterocycles. The number of carbonyl (C=O) groups excluding carboxylic acids is 3. The lowest BCUT2D eigenvalue weighted by molar-refractivity contribution is -0.155. The zero-order chi connectivity index (χ0) is 17.2. The number of nitrogens with one attached hydrogen (secondary N) is 1. The number of nitrogens with two attached hydrogens (primary N) is 1. The third kappa shape index (κ3) is 7.46. The highest BCUT2D eigenvalue weighted by Crippen LogP contribution is 2.02. The van der Waals surface area contributed by atoms with Crippen molar-refractivity contribution >= 4 is 23.9 Å². The highest BCUT2D eigenvalue weighted by atomic mass is 16.6.